The Kier molecular flexibility index (Phi) is 5.53. The maximum absolute atomic E-state index is 12.3. The van der Waals surface area contributed by atoms with Crippen LogP contribution < -0.4 is 10.1 Å². The molecule has 0 aliphatic carbocycles. The molecule has 0 radical (unpaired) electrons. The van der Waals surface area contributed by atoms with Gasteiger partial charge in [-0.3, -0.25) is 4.79 Å². The van der Waals surface area contributed by atoms with Crippen LogP contribution in [0.2, 0.25) is 0 Å². The van der Waals surface area contributed by atoms with E-state index >= 15 is 0 Å². The topological polar surface area (TPSA) is 84.9 Å². The molecule has 6 nitrogen and oxygen atoms in total. The van der Waals surface area contributed by atoms with Crippen molar-refractivity contribution in [2.45, 2.75) is 38.6 Å². The van der Waals surface area contributed by atoms with Gasteiger partial charge in [0.05, 0.1) is 0 Å². The molecule has 2 aromatic rings. The van der Waals surface area contributed by atoms with E-state index in [2.05, 4.69) is 5.32 Å². The van der Waals surface area contributed by atoms with Gasteiger partial charge < -0.3 is 19.9 Å². The number of hydrogen-bond acceptors (Lipinski definition) is 4. The normalized spacial score (nSPS) is 19.1. The molecular weight excluding hydrogens is 334 g/mol. The first-order valence-corrected chi connectivity index (χ1v) is 8.49. The number of amides is 1. The highest BCUT2D eigenvalue weighted by Gasteiger charge is 2.34. The molecule has 136 valence electrons. The van der Waals surface area contributed by atoms with Gasteiger partial charge >= 0.3 is 5.97 Å². The molecule has 1 aliphatic heterocycles. The van der Waals surface area contributed by atoms with E-state index in [1.54, 1.807) is 12.1 Å². The number of anilines is 1. The first kappa shape index (κ1) is 17.9. The van der Waals surface area contributed by atoms with Crippen LogP contribution in [0.1, 0.15) is 24.0 Å². The average Bonchev–Trinajstić information content (AvgIpc) is 3.13. The van der Waals surface area contributed by atoms with Gasteiger partial charge in [-0.15, -0.1) is 0 Å². The Balaban J connectivity index is 1.57. The molecule has 1 amide bonds. The maximum atomic E-state index is 12.3. The third-order valence-corrected chi connectivity index (χ3v) is 4.29. The van der Waals surface area contributed by atoms with Gasteiger partial charge in [-0.1, -0.05) is 30.3 Å². The van der Waals surface area contributed by atoms with Crippen molar-refractivity contribution >= 4 is 17.6 Å². The Bertz CT molecular complexity index is 790. The molecule has 1 saturated heterocycles. The van der Waals surface area contributed by atoms with Crippen LogP contribution in [0.25, 0.3) is 0 Å². The number of hydrogen-bond donors (Lipinski definition) is 2. The highest BCUT2D eigenvalue weighted by molar-refractivity contribution is 5.95. The van der Waals surface area contributed by atoms with E-state index in [4.69, 9.17) is 14.6 Å². The Labute approximate surface area is 151 Å². The summed E-state index contributed by atoms with van der Waals surface area (Å²) in [4.78, 5) is 23.2. The zero-order valence-corrected chi connectivity index (χ0v) is 14.5. The van der Waals surface area contributed by atoms with Crippen molar-refractivity contribution in [3.63, 3.8) is 0 Å². The molecule has 2 atom stereocenters. The van der Waals surface area contributed by atoms with Crippen molar-refractivity contribution in [3.05, 3.63) is 59.7 Å². The van der Waals surface area contributed by atoms with Crippen LogP contribution in [0.15, 0.2) is 48.5 Å². The van der Waals surface area contributed by atoms with Crippen molar-refractivity contribution in [1.29, 1.82) is 0 Å². The van der Waals surface area contributed by atoms with E-state index in [1.807, 2.05) is 43.3 Å². The standard InChI is InChI=1S/C20H21NO5/c1-13-11-15(25-12-14-5-3-2-4-6-14)7-8-16(13)21-19(22)17-9-10-18(26-17)20(23)24/h2-8,11,17-18H,9-10,12H2,1H3,(H,21,22)(H,23,24)/t17-,18+/m0/s1. The van der Waals surface area contributed by atoms with Crippen molar-refractivity contribution in [2.75, 3.05) is 5.32 Å². The minimum Gasteiger partial charge on any atom is -0.489 e. The van der Waals surface area contributed by atoms with E-state index in [0.29, 0.717) is 30.9 Å². The predicted molar refractivity (Wildman–Crippen MR) is 96.1 cm³/mol. The van der Waals surface area contributed by atoms with E-state index in [-0.39, 0.29) is 5.91 Å². The molecule has 0 saturated carbocycles. The van der Waals surface area contributed by atoms with Gasteiger partial charge in [0.15, 0.2) is 6.10 Å². The van der Waals surface area contributed by atoms with Gasteiger partial charge in [0.2, 0.25) is 0 Å². The van der Waals surface area contributed by atoms with Gasteiger partial charge in [-0.05, 0) is 49.1 Å². The lowest BCUT2D eigenvalue weighted by Crippen LogP contribution is -2.30. The Morgan fingerprint density at radius 2 is 1.88 bits per heavy atom. The number of aryl methyl sites for hydroxylation is 1. The largest absolute Gasteiger partial charge is 0.489 e. The van der Waals surface area contributed by atoms with Crippen LogP contribution in [-0.4, -0.2) is 29.2 Å². The summed E-state index contributed by atoms with van der Waals surface area (Å²) in [6, 6.07) is 15.3. The Morgan fingerprint density at radius 3 is 2.54 bits per heavy atom. The summed E-state index contributed by atoms with van der Waals surface area (Å²) >= 11 is 0. The van der Waals surface area contributed by atoms with Crippen LogP contribution in [0, 0.1) is 6.92 Å². The molecule has 0 spiro atoms. The minimum atomic E-state index is -1.03. The molecule has 3 rings (SSSR count). The molecule has 2 N–H and O–H groups in total. The molecule has 0 bridgehead atoms. The summed E-state index contributed by atoms with van der Waals surface area (Å²) in [6.45, 7) is 2.35. The Morgan fingerprint density at radius 1 is 1.15 bits per heavy atom. The third kappa shape index (κ3) is 4.40. The van der Waals surface area contributed by atoms with Gasteiger partial charge in [0.1, 0.15) is 18.5 Å². The summed E-state index contributed by atoms with van der Waals surface area (Å²) in [5.41, 5.74) is 2.59. The second-order valence-corrected chi connectivity index (χ2v) is 6.27. The smallest absolute Gasteiger partial charge is 0.332 e. The number of aliphatic carboxylic acids is 1. The van der Waals surface area contributed by atoms with Crippen LogP contribution in [0.4, 0.5) is 5.69 Å². The predicted octanol–water partition coefficient (Wildman–Crippen LogP) is 3.14. The first-order chi connectivity index (χ1) is 12.5. The number of rotatable bonds is 6. The molecule has 2 aromatic carbocycles. The number of nitrogens with one attached hydrogen (secondary N) is 1. The minimum absolute atomic E-state index is 0.324. The number of ether oxygens (including phenoxy) is 2. The molecule has 6 heteroatoms. The molecule has 1 aliphatic rings. The number of carboxylic acids is 1. The fraction of sp³-hybridized carbons (Fsp3) is 0.300. The van der Waals surface area contributed by atoms with Crippen molar-refractivity contribution in [2.24, 2.45) is 0 Å². The van der Waals surface area contributed by atoms with Crippen LogP contribution >= 0.6 is 0 Å². The van der Waals surface area contributed by atoms with E-state index < -0.39 is 18.2 Å². The monoisotopic (exact) mass is 355 g/mol. The van der Waals surface area contributed by atoms with Gasteiger partial charge in [0, 0.05) is 5.69 Å². The highest BCUT2D eigenvalue weighted by atomic mass is 16.5. The number of carbonyl (C=O) groups is 2. The first-order valence-electron chi connectivity index (χ1n) is 8.49. The molecule has 26 heavy (non-hydrogen) atoms. The fourth-order valence-electron chi connectivity index (χ4n) is 2.83. The second-order valence-electron chi connectivity index (χ2n) is 6.27. The van der Waals surface area contributed by atoms with Crippen LogP contribution in [0.3, 0.4) is 0 Å². The second kappa shape index (κ2) is 8.01. The number of benzene rings is 2. The van der Waals surface area contributed by atoms with Crippen molar-refractivity contribution in [3.8, 4) is 5.75 Å². The highest BCUT2D eigenvalue weighted by Crippen LogP contribution is 2.25. The van der Waals surface area contributed by atoms with E-state index in [9.17, 15) is 9.59 Å². The zero-order valence-electron chi connectivity index (χ0n) is 14.5. The average molecular weight is 355 g/mol. The summed E-state index contributed by atoms with van der Waals surface area (Å²) in [5.74, 6) is -0.640. The lowest BCUT2D eigenvalue weighted by molar-refractivity contribution is -0.150. The summed E-state index contributed by atoms with van der Waals surface area (Å²) in [7, 11) is 0. The zero-order chi connectivity index (χ0) is 18.5. The molecular formula is C20H21NO5. The summed E-state index contributed by atoms with van der Waals surface area (Å²) < 4.78 is 11.0. The van der Waals surface area contributed by atoms with Gasteiger partial charge in [0.25, 0.3) is 5.91 Å². The molecule has 0 aromatic heterocycles. The summed E-state index contributed by atoms with van der Waals surface area (Å²) in [5, 5.41) is 11.7. The SMILES string of the molecule is Cc1cc(OCc2ccccc2)ccc1NC(=O)[C@@H]1CC[C@H](C(=O)O)O1. The van der Waals surface area contributed by atoms with Gasteiger partial charge in [-0.25, -0.2) is 4.79 Å². The summed E-state index contributed by atoms with van der Waals surface area (Å²) in [6.07, 6.45) is -0.885. The quantitative estimate of drug-likeness (QED) is 0.831. The molecule has 0 unspecified atom stereocenters. The number of carbonyl (C=O) groups excluding carboxylic acids is 1. The van der Waals surface area contributed by atoms with E-state index in [1.165, 1.54) is 0 Å². The van der Waals surface area contributed by atoms with Crippen LogP contribution in [0.5, 0.6) is 5.75 Å². The molecule has 1 heterocycles. The van der Waals surface area contributed by atoms with E-state index in [0.717, 1.165) is 11.1 Å². The lowest BCUT2D eigenvalue weighted by Gasteiger charge is -2.14. The van der Waals surface area contributed by atoms with Crippen LogP contribution in [-0.2, 0) is 20.9 Å². The van der Waals surface area contributed by atoms with Crippen molar-refractivity contribution in [1.82, 2.24) is 0 Å². The fourth-order valence-corrected chi connectivity index (χ4v) is 2.83. The lowest BCUT2D eigenvalue weighted by atomic mass is 10.1. The third-order valence-electron chi connectivity index (χ3n) is 4.29. The maximum Gasteiger partial charge on any atom is 0.332 e. The molecule has 1 fully saturated rings. The van der Waals surface area contributed by atoms with Gasteiger partial charge in [-0.2, -0.15) is 0 Å². The number of carboxylic acid groups (broad SMARTS) is 1. The van der Waals surface area contributed by atoms with Crippen molar-refractivity contribution < 1.29 is 24.2 Å². The Hall–Kier alpha value is -2.86.